The molecule has 0 rings (SSSR count). The first-order valence-corrected chi connectivity index (χ1v) is 6.57. The van der Waals surface area contributed by atoms with Gasteiger partial charge in [-0.15, -0.1) is 0 Å². The molecule has 0 radical (unpaired) electrons. The van der Waals surface area contributed by atoms with Gasteiger partial charge in [0.05, 0.1) is 0 Å². The van der Waals surface area contributed by atoms with Crippen LogP contribution < -0.4 is 16.0 Å². The molecule has 14 heavy (non-hydrogen) atoms. The minimum Gasteiger partial charge on any atom is -0.290 e. The molecule has 0 amide bonds. The van der Waals surface area contributed by atoms with Gasteiger partial charge in [-0.25, -0.2) is 0 Å². The van der Waals surface area contributed by atoms with Gasteiger partial charge in [0.2, 0.25) is 0 Å². The predicted octanol–water partition coefficient (Wildman–Crippen LogP) is 0.0310. The maximum absolute atomic E-state index is 3.60. The third kappa shape index (κ3) is 5.10. The summed E-state index contributed by atoms with van der Waals surface area (Å²) < 4.78 is 0. The monoisotopic (exact) mass is 217 g/mol. The first kappa shape index (κ1) is 14.1. The van der Waals surface area contributed by atoms with Gasteiger partial charge in [-0.2, -0.15) is 0 Å². The van der Waals surface area contributed by atoms with E-state index < -0.39 is 0 Å². The Morgan fingerprint density at radius 2 is 1.57 bits per heavy atom. The van der Waals surface area contributed by atoms with Gasteiger partial charge in [0.15, 0.2) is 0 Å². The minimum absolute atomic E-state index is 0.114. The lowest BCUT2D eigenvalue weighted by molar-refractivity contribution is 0.158. The van der Waals surface area contributed by atoms with Crippen LogP contribution in [0.25, 0.3) is 0 Å². The Balaban J connectivity index is 4.53. The summed E-state index contributed by atoms with van der Waals surface area (Å²) >= 11 is 0. The fraction of sp³-hybridized carbons (Fsp3) is 1.00. The van der Waals surface area contributed by atoms with Gasteiger partial charge in [-0.3, -0.25) is 16.0 Å². The Morgan fingerprint density at radius 1 is 1.14 bits per heavy atom. The lowest BCUT2D eigenvalue weighted by Gasteiger charge is -2.41. The summed E-state index contributed by atoms with van der Waals surface area (Å²) in [5.41, 5.74) is 0.896. The molecule has 1 unspecified atom stereocenters. The Bertz CT molecular complexity index is 159. The zero-order valence-electron chi connectivity index (χ0n) is 10.8. The van der Waals surface area contributed by atoms with Crippen LogP contribution in [0.2, 0.25) is 5.54 Å². The van der Waals surface area contributed by atoms with Crippen LogP contribution in [-0.4, -0.2) is 35.7 Å². The van der Waals surface area contributed by atoms with Crippen molar-refractivity contribution in [3.8, 4) is 0 Å². The first-order chi connectivity index (χ1) is 6.24. The largest absolute Gasteiger partial charge is 0.290 e. The van der Waals surface area contributed by atoms with Crippen molar-refractivity contribution >= 4 is 10.2 Å². The van der Waals surface area contributed by atoms with Gasteiger partial charge in [0.25, 0.3) is 0 Å². The van der Waals surface area contributed by atoms with E-state index in [0.29, 0.717) is 0 Å². The van der Waals surface area contributed by atoms with Gasteiger partial charge in [0.1, 0.15) is 5.79 Å². The molecular formula is C10H27N3Si. The quantitative estimate of drug-likeness (QED) is 0.449. The SMILES string of the molecule is CNC(CC(C)[SiH3])(NC)NC(C)(C)C. The number of rotatable bonds is 5. The van der Waals surface area contributed by atoms with Gasteiger partial charge in [-0.1, -0.05) is 12.5 Å². The van der Waals surface area contributed by atoms with Crippen LogP contribution in [-0.2, 0) is 0 Å². The number of hydrogen-bond donors (Lipinski definition) is 3. The minimum atomic E-state index is -0.126. The van der Waals surface area contributed by atoms with Crippen LogP contribution in [0, 0.1) is 0 Å². The Labute approximate surface area is 91.8 Å². The van der Waals surface area contributed by atoms with Crippen LogP contribution >= 0.6 is 0 Å². The molecule has 1 atom stereocenters. The van der Waals surface area contributed by atoms with Crippen molar-refractivity contribution in [1.82, 2.24) is 16.0 Å². The Morgan fingerprint density at radius 3 is 1.79 bits per heavy atom. The highest BCUT2D eigenvalue weighted by atomic mass is 28.1. The number of nitrogens with one attached hydrogen (secondary N) is 3. The summed E-state index contributed by atoms with van der Waals surface area (Å²) in [6.45, 7) is 8.86. The van der Waals surface area contributed by atoms with E-state index in [1.54, 1.807) is 0 Å². The van der Waals surface area contributed by atoms with E-state index >= 15 is 0 Å². The summed E-state index contributed by atoms with van der Waals surface area (Å²) in [4.78, 5) is 0. The van der Waals surface area contributed by atoms with Crippen LogP contribution in [0.4, 0.5) is 0 Å². The van der Waals surface area contributed by atoms with E-state index in [1.165, 1.54) is 10.2 Å². The van der Waals surface area contributed by atoms with Crippen molar-refractivity contribution in [2.24, 2.45) is 0 Å². The molecule has 0 aliphatic heterocycles. The van der Waals surface area contributed by atoms with Crippen LogP contribution in [0.3, 0.4) is 0 Å². The summed E-state index contributed by atoms with van der Waals surface area (Å²) in [6, 6.07) is 0. The van der Waals surface area contributed by atoms with Crippen molar-refractivity contribution < 1.29 is 0 Å². The second kappa shape index (κ2) is 5.26. The zero-order valence-corrected chi connectivity index (χ0v) is 12.8. The van der Waals surface area contributed by atoms with Gasteiger partial charge >= 0.3 is 0 Å². The molecule has 0 saturated carbocycles. The lowest BCUT2D eigenvalue weighted by atomic mass is 10.0. The van der Waals surface area contributed by atoms with Gasteiger partial charge in [0, 0.05) is 15.8 Å². The standard InChI is InChI=1S/C10H27N3Si/c1-8(14)7-10(11-5,12-6)13-9(2,3)4/h8,11-13H,7H2,1-6,14H3. The highest BCUT2D eigenvalue weighted by molar-refractivity contribution is 6.11. The maximum Gasteiger partial charge on any atom is 0.123 e. The van der Waals surface area contributed by atoms with E-state index in [1.807, 2.05) is 14.1 Å². The van der Waals surface area contributed by atoms with E-state index in [0.717, 1.165) is 12.0 Å². The average Bonchev–Trinajstić information content (AvgIpc) is 1.99. The topological polar surface area (TPSA) is 36.1 Å². The molecule has 3 N–H and O–H groups in total. The molecule has 0 spiro atoms. The van der Waals surface area contributed by atoms with Crippen molar-refractivity contribution in [3.63, 3.8) is 0 Å². The molecule has 0 bridgehead atoms. The molecular weight excluding hydrogens is 190 g/mol. The second-order valence-corrected chi connectivity index (χ2v) is 7.35. The lowest BCUT2D eigenvalue weighted by Crippen LogP contribution is -2.68. The van der Waals surface area contributed by atoms with E-state index in [4.69, 9.17) is 0 Å². The van der Waals surface area contributed by atoms with Gasteiger partial charge in [-0.05, 0) is 41.3 Å². The highest BCUT2D eigenvalue weighted by Gasteiger charge is 2.30. The van der Waals surface area contributed by atoms with Crippen molar-refractivity contribution in [1.29, 1.82) is 0 Å². The third-order valence-corrected chi connectivity index (χ3v) is 2.56. The van der Waals surface area contributed by atoms with Crippen LogP contribution in [0.1, 0.15) is 34.1 Å². The average molecular weight is 217 g/mol. The second-order valence-electron chi connectivity index (χ2n) is 5.38. The molecule has 0 aromatic carbocycles. The molecule has 0 saturated heterocycles. The van der Waals surface area contributed by atoms with Crippen molar-refractivity contribution in [2.75, 3.05) is 14.1 Å². The molecule has 4 heteroatoms. The smallest absolute Gasteiger partial charge is 0.123 e. The summed E-state index contributed by atoms with van der Waals surface area (Å²) in [6.07, 6.45) is 1.11. The molecule has 0 heterocycles. The molecule has 0 aromatic heterocycles. The third-order valence-electron chi connectivity index (χ3n) is 2.16. The highest BCUT2D eigenvalue weighted by Crippen LogP contribution is 2.16. The fourth-order valence-corrected chi connectivity index (χ4v) is 2.37. The zero-order chi connectivity index (χ0) is 11.4. The molecule has 0 aromatic rings. The summed E-state index contributed by atoms with van der Waals surface area (Å²) in [5.74, 6) is -0.126. The normalized spacial score (nSPS) is 15.9. The van der Waals surface area contributed by atoms with Crippen LogP contribution in [0.5, 0.6) is 0 Å². The van der Waals surface area contributed by atoms with Gasteiger partial charge < -0.3 is 0 Å². The summed E-state index contributed by atoms with van der Waals surface area (Å²) in [7, 11) is 5.23. The number of hydrogen-bond acceptors (Lipinski definition) is 3. The van der Waals surface area contributed by atoms with E-state index in [2.05, 4.69) is 43.6 Å². The molecule has 0 aliphatic carbocycles. The maximum atomic E-state index is 3.60. The molecule has 86 valence electrons. The molecule has 3 nitrogen and oxygen atoms in total. The van der Waals surface area contributed by atoms with E-state index in [-0.39, 0.29) is 11.3 Å². The van der Waals surface area contributed by atoms with Crippen molar-refractivity contribution in [3.05, 3.63) is 0 Å². The Kier molecular flexibility index (Phi) is 5.29. The van der Waals surface area contributed by atoms with E-state index in [9.17, 15) is 0 Å². The molecule has 0 aliphatic rings. The predicted molar refractivity (Wildman–Crippen MR) is 67.7 cm³/mol. The Hall–Kier alpha value is 0.0969. The molecule has 0 fully saturated rings. The van der Waals surface area contributed by atoms with Crippen LogP contribution in [0.15, 0.2) is 0 Å². The van der Waals surface area contributed by atoms with Crippen molar-refractivity contribution in [2.45, 2.75) is 51.0 Å². The first-order valence-electron chi connectivity index (χ1n) is 5.42. The fourth-order valence-electron chi connectivity index (χ4n) is 1.76. The summed E-state index contributed by atoms with van der Waals surface area (Å²) in [5, 5.41) is 10.3.